The van der Waals surface area contributed by atoms with Crippen LogP contribution in [0, 0.1) is 13.8 Å². The number of nitrogens with zero attached hydrogens (tertiary/aromatic N) is 4. The molecular formula is C19H32N4O. The molecule has 134 valence electrons. The molecule has 24 heavy (non-hydrogen) atoms. The lowest BCUT2D eigenvalue weighted by Gasteiger charge is -2.34. The van der Waals surface area contributed by atoms with Crippen molar-refractivity contribution in [2.24, 2.45) is 7.05 Å². The van der Waals surface area contributed by atoms with Crippen LogP contribution in [0.1, 0.15) is 56.0 Å². The SMILES string of the molecule is CCN1CCC[C@H]1[C@@H]1CCCN1C(=O)CCc1c(C)nn(C)c1C. The second-order valence-corrected chi connectivity index (χ2v) is 7.41. The van der Waals surface area contributed by atoms with Crippen molar-refractivity contribution in [3.8, 4) is 0 Å². The smallest absolute Gasteiger partial charge is 0.223 e. The minimum absolute atomic E-state index is 0.336. The van der Waals surface area contributed by atoms with Gasteiger partial charge in [0.1, 0.15) is 0 Å². The highest BCUT2D eigenvalue weighted by Gasteiger charge is 2.38. The van der Waals surface area contributed by atoms with Gasteiger partial charge in [0.05, 0.1) is 5.69 Å². The molecule has 1 aromatic heterocycles. The highest BCUT2D eigenvalue weighted by Crippen LogP contribution is 2.30. The van der Waals surface area contributed by atoms with Gasteiger partial charge in [-0.2, -0.15) is 5.10 Å². The monoisotopic (exact) mass is 332 g/mol. The molecule has 3 rings (SSSR count). The molecule has 2 fully saturated rings. The predicted molar refractivity (Wildman–Crippen MR) is 96.0 cm³/mol. The van der Waals surface area contributed by atoms with Gasteiger partial charge in [0.15, 0.2) is 0 Å². The van der Waals surface area contributed by atoms with Crippen molar-refractivity contribution in [1.82, 2.24) is 19.6 Å². The maximum atomic E-state index is 12.9. The van der Waals surface area contributed by atoms with E-state index in [9.17, 15) is 4.79 Å². The molecule has 1 amide bonds. The van der Waals surface area contributed by atoms with Crippen LogP contribution in [0.15, 0.2) is 0 Å². The summed E-state index contributed by atoms with van der Waals surface area (Å²) in [6.45, 7) is 9.64. The molecule has 5 nitrogen and oxygen atoms in total. The van der Waals surface area contributed by atoms with Gasteiger partial charge >= 0.3 is 0 Å². The molecule has 3 heterocycles. The molecule has 0 saturated carbocycles. The summed E-state index contributed by atoms with van der Waals surface area (Å²) in [7, 11) is 1.98. The molecule has 5 heteroatoms. The fourth-order valence-electron chi connectivity index (χ4n) is 4.74. The third-order valence-corrected chi connectivity index (χ3v) is 6.13. The number of amides is 1. The highest BCUT2D eigenvalue weighted by molar-refractivity contribution is 5.77. The Labute approximate surface area is 146 Å². The van der Waals surface area contributed by atoms with E-state index >= 15 is 0 Å². The number of likely N-dealkylation sites (tertiary alicyclic amines) is 2. The van der Waals surface area contributed by atoms with E-state index in [-0.39, 0.29) is 0 Å². The van der Waals surface area contributed by atoms with Crippen LogP contribution in [0.2, 0.25) is 0 Å². The van der Waals surface area contributed by atoms with Crippen LogP contribution in [0.5, 0.6) is 0 Å². The van der Waals surface area contributed by atoms with E-state index in [1.165, 1.54) is 37.1 Å². The van der Waals surface area contributed by atoms with Crippen LogP contribution in [-0.2, 0) is 18.3 Å². The average Bonchev–Trinajstić information content (AvgIpc) is 3.26. The maximum Gasteiger partial charge on any atom is 0.223 e. The van der Waals surface area contributed by atoms with Gasteiger partial charge in [0, 0.05) is 37.8 Å². The van der Waals surface area contributed by atoms with Gasteiger partial charge in [-0.15, -0.1) is 0 Å². The van der Waals surface area contributed by atoms with Crippen LogP contribution >= 0.6 is 0 Å². The molecular weight excluding hydrogens is 300 g/mol. The first-order chi connectivity index (χ1) is 11.5. The molecule has 0 spiro atoms. The number of rotatable bonds is 5. The first-order valence-electron chi connectivity index (χ1n) is 9.55. The fourth-order valence-corrected chi connectivity index (χ4v) is 4.74. The molecule has 0 radical (unpaired) electrons. The minimum atomic E-state index is 0.336. The van der Waals surface area contributed by atoms with Gasteiger partial charge in [-0.25, -0.2) is 0 Å². The van der Waals surface area contributed by atoms with Crippen LogP contribution in [-0.4, -0.2) is 57.2 Å². The summed E-state index contributed by atoms with van der Waals surface area (Å²) in [6, 6.07) is 1.03. The number of aromatic nitrogens is 2. The van der Waals surface area contributed by atoms with Crippen molar-refractivity contribution >= 4 is 5.91 Å². The summed E-state index contributed by atoms with van der Waals surface area (Å²) in [5, 5.41) is 4.47. The van der Waals surface area contributed by atoms with E-state index in [1.807, 2.05) is 18.7 Å². The molecule has 0 aromatic carbocycles. The van der Waals surface area contributed by atoms with Gasteiger partial charge in [-0.3, -0.25) is 14.4 Å². The topological polar surface area (TPSA) is 41.4 Å². The van der Waals surface area contributed by atoms with Crippen LogP contribution < -0.4 is 0 Å². The zero-order valence-electron chi connectivity index (χ0n) is 15.7. The molecule has 2 atom stereocenters. The Morgan fingerprint density at radius 1 is 1.17 bits per heavy atom. The highest BCUT2D eigenvalue weighted by atomic mass is 16.2. The zero-order valence-corrected chi connectivity index (χ0v) is 15.7. The fraction of sp³-hybridized carbons (Fsp3) is 0.789. The van der Waals surface area contributed by atoms with Crippen molar-refractivity contribution in [3.63, 3.8) is 0 Å². The zero-order chi connectivity index (χ0) is 17.3. The van der Waals surface area contributed by atoms with Crippen LogP contribution in [0.25, 0.3) is 0 Å². The first-order valence-corrected chi connectivity index (χ1v) is 9.55. The Hall–Kier alpha value is -1.36. The Morgan fingerprint density at radius 2 is 1.88 bits per heavy atom. The van der Waals surface area contributed by atoms with Crippen LogP contribution in [0.4, 0.5) is 0 Å². The number of carbonyl (C=O) groups excluding carboxylic acids is 1. The largest absolute Gasteiger partial charge is 0.338 e. The molecule has 0 bridgehead atoms. The van der Waals surface area contributed by atoms with Crippen molar-refractivity contribution in [2.45, 2.75) is 71.4 Å². The molecule has 2 saturated heterocycles. The van der Waals surface area contributed by atoms with E-state index in [0.29, 0.717) is 24.4 Å². The van der Waals surface area contributed by atoms with Gasteiger partial charge < -0.3 is 4.90 Å². The van der Waals surface area contributed by atoms with Crippen molar-refractivity contribution < 1.29 is 4.79 Å². The molecule has 0 aliphatic carbocycles. The molecule has 0 N–H and O–H groups in total. The average molecular weight is 332 g/mol. The maximum absolute atomic E-state index is 12.9. The van der Waals surface area contributed by atoms with Gasteiger partial charge in [-0.1, -0.05) is 6.92 Å². The van der Waals surface area contributed by atoms with Gasteiger partial charge in [0.25, 0.3) is 0 Å². The quantitative estimate of drug-likeness (QED) is 0.832. The van der Waals surface area contributed by atoms with Crippen molar-refractivity contribution in [2.75, 3.05) is 19.6 Å². The number of hydrogen-bond acceptors (Lipinski definition) is 3. The summed E-state index contributed by atoms with van der Waals surface area (Å²) in [4.78, 5) is 17.7. The van der Waals surface area contributed by atoms with Crippen LogP contribution in [0.3, 0.4) is 0 Å². The van der Waals surface area contributed by atoms with E-state index in [0.717, 1.165) is 31.6 Å². The second-order valence-electron chi connectivity index (χ2n) is 7.41. The minimum Gasteiger partial charge on any atom is -0.338 e. The Bertz CT molecular complexity index is 594. The summed E-state index contributed by atoms with van der Waals surface area (Å²) in [6.07, 6.45) is 6.31. The number of carbonyl (C=O) groups is 1. The number of hydrogen-bond donors (Lipinski definition) is 0. The van der Waals surface area contributed by atoms with Gasteiger partial charge in [-0.05, 0) is 64.6 Å². The lowest BCUT2D eigenvalue weighted by Crippen LogP contribution is -2.48. The lowest BCUT2D eigenvalue weighted by atomic mass is 10.0. The van der Waals surface area contributed by atoms with E-state index in [2.05, 4.69) is 28.7 Å². The van der Waals surface area contributed by atoms with Crippen molar-refractivity contribution in [3.05, 3.63) is 17.0 Å². The van der Waals surface area contributed by atoms with Gasteiger partial charge in [0.2, 0.25) is 5.91 Å². The Kier molecular flexibility index (Phi) is 5.28. The van der Waals surface area contributed by atoms with E-state index in [4.69, 9.17) is 0 Å². The third-order valence-electron chi connectivity index (χ3n) is 6.13. The Balaban J connectivity index is 1.63. The normalized spacial score (nSPS) is 24.9. The molecule has 2 aliphatic rings. The molecule has 1 aromatic rings. The van der Waals surface area contributed by atoms with E-state index in [1.54, 1.807) is 0 Å². The lowest BCUT2D eigenvalue weighted by molar-refractivity contribution is -0.133. The number of aryl methyl sites for hydroxylation is 2. The van der Waals surface area contributed by atoms with E-state index < -0.39 is 0 Å². The summed E-state index contributed by atoms with van der Waals surface area (Å²) in [5.41, 5.74) is 3.50. The molecule has 2 aliphatic heterocycles. The third kappa shape index (κ3) is 3.23. The second kappa shape index (κ2) is 7.26. The number of likely N-dealkylation sites (N-methyl/N-ethyl adjacent to an activating group) is 1. The standard InChI is InChI=1S/C19H32N4O/c1-5-22-12-6-8-17(22)18-9-7-13-23(18)19(24)11-10-16-14(2)20-21(4)15(16)3/h17-18H,5-13H2,1-4H3/t17-,18-/m0/s1. The predicted octanol–water partition coefficient (Wildman–Crippen LogP) is 2.44. The summed E-state index contributed by atoms with van der Waals surface area (Å²) < 4.78 is 1.92. The van der Waals surface area contributed by atoms with Crippen molar-refractivity contribution in [1.29, 1.82) is 0 Å². The summed E-state index contributed by atoms with van der Waals surface area (Å²) >= 11 is 0. The summed E-state index contributed by atoms with van der Waals surface area (Å²) in [5.74, 6) is 0.336. The first kappa shape index (κ1) is 17.5. The Morgan fingerprint density at radius 3 is 2.54 bits per heavy atom. The molecule has 0 unspecified atom stereocenters.